The van der Waals surface area contributed by atoms with Crippen molar-refractivity contribution < 1.29 is 0 Å². The van der Waals surface area contributed by atoms with Crippen LogP contribution in [0.1, 0.15) is 57.4 Å². The number of hydrogen-bond acceptors (Lipinski definition) is 1. The summed E-state index contributed by atoms with van der Waals surface area (Å²) < 4.78 is 1.17. The molecular formula is C17H26BrN. The predicted molar refractivity (Wildman–Crippen MR) is 86.6 cm³/mol. The minimum atomic E-state index is 0.665. The third-order valence-corrected chi connectivity index (χ3v) is 4.87. The fourth-order valence-corrected chi connectivity index (χ4v) is 2.96. The lowest BCUT2D eigenvalue weighted by atomic mass is 9.86. The van der Waals surface area contributed by atoms with Crippen LogP contribution in [-0.2, 0) is 0 Å². The molecule has 2 rings (SSSR count). The zero-order chi connectivity index (χ0) is 13.7. The quantitative estimate of drug-likeness (QED) is 0.700. The monoisotopic (exact) mass is 323 g/mol. The molecule has 0 radical (unpaired) electrons. The van der Waals surface area contributed by atoms with E-state index in [1.807, 2.05) is 0 Å². The summed E-state index contributed by atoms with van der Waals surface area (Å²) in [4.78, 5) is 0. The highest BCUT2D eigenvalue weighted by molar-refractivity contribution is 9.10. The highest BCUT2D eigenvalue weighted by Gasteiger charge is 2.23. The van der Waals surface area contributed by atoms with Crippen LogP contribution < -0.4 is 5.32 Å². The van der Waals surface area contributed by atoms with E-state index in [1.54, 1.807) is 0 Å². The summed E-state index contributed by atoms with van der Waals surface area (Å²) in [5.41, 5.74) is 1.49. The summed E-state index contributed by atoms with van der Waals surface area (Å²) in [7, 11) is 0. The SMILES string of the molecule is CCC(CC)CC(CNC1CC1)c1ccc(Br)cc1. The molecule has 2 heteroatoms. The van der Waals surface area contributed by atoms with Gasteiger partial charge in [-0.25, -0.2) is 0 Å². The lowest BCUT2D eigenvalue weighted by Crippen LogP contribution is -2.25. The average Bonchev–Trinajstić information content (AvgIpc) is 3.25. The highest BCUT2D eigenvalue weighted by atomic mass is 79.9. The van der Waals surface area contributed by atoms with Crippen LogP contribution in [0.3, 0.4) is 0 Å². The molecule has 0 spiro atoms. The van der Waals surface area contributed by atoms with E-state index in [4.69, 9.17) is 0 Å². The average molecular weight is 324 g/mol. The van der Waals surface area contributed by atoms with Crippen LogP contribution in [0.5, 0.6) is 0 Å². The fourth-order valence-electron chi connectivity index (χ4n) is 2.69. The van der Waals surface area contributed by atoms with E-state index in [-0.39, 0.29) is 0 Å². The summed E-state index contributed by atoms with van der Waals surface area (Å²) in [6.07, 6.45) is 6.66. The van der Waals surface area contributed by atoms with Crippen molar-refractivity contribution in [2.75, 3.05) is 6.54 Å². The molecule has 1 atom stereocenters. The van der Waals surface area contributed by atoms with Gasteiger partial charge in [-0.3, -0.25) is 0 Å². The van der Waals surface area contributed by atoms with Gasteiger partial charge in [0.2, 0.25) is 0 Å². The fraction of sp³-hybridized carbons (Fsp3) is 0.647. The van der Waals surface area contributed by atoms with Gasteiger partial charge in [-0.2, -0.15) is 0 Å². The second-order valence-corrected chi connectivity index (χ2v) is 6.76. The Kier molecular flexibility index (Phi) is 5.90. The normalized spacial score (nSPS) is 16.8. The molecular weight excluding hydrogens is 298 g/mol. The number of halogens is 1. The molecule has 1 aliphatic carbocycles. The van der Waals surface area contributed by atoms with Crippen LogP contribution in [-0.4, -0.2) is 12.6 Å². The second-order valence-electron chi connectivity index (χ2n) is 5.85. The standard InChI is InChI=1S/C17H26BrN/c1-3-13(4-2)11-15(12-19-17-9-10-17)14-5-7-16(18)8-6-14/h5-8,13,15,17,19H,3-4,9-12H2,1-2H3. The molecule has 0 aromatic heterocycles. The van der Waals surface area contributed by atoms with Crippen LogP contribution in [0.2, 0.25) is 0 Å². The highest BCUT2D eigenvalue weighted by Crippen LogP contribution is 2.29. The van der Waals surface area contributed by atoms with E-state index in [0.29, 0.717) is 5.92 Å². The first-order chi connectivity index (χ1) is 9.22. The number of hydrogen-bond donors (Lipinski definition) is 1. The molecule has 106 valence electrons. The first-order valence-electron chi connectivity index (χ1n) is 7.71. The first kappa shape index (κ1) is 15.1. The van der Waals surface area contributed by atoms with Gasteiger partial charge < -0.3 is 5.32 Å². The molecule has 1 fully saturated rings. The van der Waals surface area contributed by atoms with E-state index in [9.17, 15) is 0 Å². The van der Waals surface area contributed by atoms with Crippen molar-refractivity contribution in [3.8, 4) is 0 Å². The van der Waals surface area contributed by atoms with Crippen LogP contribution in [0.4, 0.5) is 0 Å². The number of rotatable bonds is 8. The summed E-state index contributed by atoms with van der Waals surface area (Å²) in [5, 5.41) is 3.71. The first-order valence-corrected chi connectivity index (χ1v) is 8.51. The molecule has 1 unspecified atom stereocenters. The maximum absolute atomic E-state index is 3.71. The summed E-state index contributed by atoms with van der Waals surface area (Å²) >= 11 is 3.53. The predicted octanol–water partition coefficient (Wildman–Crippen LogP) is 5.11. The van der Waals surface area contributed by atoms with Crippen molar-refractivity contribution in [3.63, 3.8) is 0 Å². The Morgan fingerprint density at radius 3 is 2.32 bits per heavy atom. The van der Waals surface area contributed by atoms with Crippen LogP contribution in [0, 0.1) is 5.92 Å². The molecule has 0 amide bonds. The number of nitrogens with one attached hydrogen (secondary N) is 1. The third-order valence-electron chi connectivity index (χ3n) is 4.34. The van der Waals surface area contributed by atoms with Gasteiger partial charge in [0.1, 0.15) is 0 Å². The Hall–Kier alpha value is -0.340. The minimum Gasteiger partial charge on any atom is -0.313 e. The van der Waals surface area contributed by atoms with Crippen molar-refractivity contribution in [3.05, 3.63) is 34.3 Å². The van der Waals surface area contributed by atoms with E-state index >= 15 is 0 Å². The van der Waals surface area contributed by atoms with Crippen LogP contribution in [0.15, 0.2) is 28.7 Å². The van der Waals surface area contributed by atoms with Crippen molar-refractivity contribution in [1.29, 1.82) is 0 Å². The third kappa shape index (κ3) is 4.92. The maximum Gasteiger partial charge on any atom is 0.0175 e. The Balaban J connectivity index is 2.00. The van der Waals surface area contributed by atoms with Gasteiger partial charge in [0.15, 0.2) is 0 Å². The van der Waals surface area contributed by atoms with Gasteiger partial charge in [-0.15, -0.1) is 0 Å². The Morgan fingerprint density at radius 1 is 1.16 bits per heavy atom. The summed E-state index contributed by atoms with van der Waals surface area (Å²) in [6, 6.07) is 9.72. The minimum absolute atomic E-state index is 0.665. The Morgan fingerprint density at radius 2 is 1.79 bits per heavy atom. The second kappa shape index (κ2) is 7.44. The molecule has 0 bridgehead atoms. The zero-order valence-corrected chi connectivity index (χ0v) is 13.7. The van der Waals surface area contributed by atoms with Crippen molar-refractivity contribution >= 4 is 15.9 Å². The Bertz CT molecular complexity index is 365. The maximum atomic E-state index is 3.71. The smallest absolute Gasteiger partial charge is 0.0175 e. The summed E-state index contributed by atoms with van der Waals surface area (Å²) in [6.45, 7) is 5.78. The molecule has 1 aromatic carbocycles. The van der Waals surface area contributed by atoms with Gasteiger partial charge in [0, 0.05) is 17.1 Å². The molecule has 1 nitrogen and oxygen atoms in total. The molecule has 0 aliphatic heterocycles. The molecule has 19 heavy (non-hydrogen) atoms. The molecule has 1 aromatic rings. The Labute approximate surface area is 126 Å². The summed E-state index contributed by atoms with van der Waals surface area (Å²) in [5.74, 6) is 1.52. The van der Waals surface area contributed by atoms with Crippen LogP contribution >= 0.6 is 15.9 Å². The van der Waals surface area contributed by atoms with Crippen molar-refractivity contribution in [2.45, 2.75) is 57.9 Å². The van der Waals surface area contributed by atoms with Crippen molar-refractivity contribution in [2.24, 2.45) is 5.92 Å². The molecule has 0 heterocycles. The van der Waals surface area contributed by atoms with E-state index in [0.717, 1.165) is 18.5 Å². The molecule has 0 saturated heterocycles. The molecule has 1 N–H and O–H groups in total. The lowest BCUT2D eigenvalue weighted by Gasteiger charge is -2.23. The van der Waals surface area contributed by atoms with Gasteiger partial charge in [0.05, 0.1) is 0 Å². The molecule has 1 aliphatic rings. The van der Waals surface area contributed by atoms with E-state index in [1.165, 1.54) is 42.1 Å². The number of benzene rings is 1. The van der Waals surface area contributed by atoms with Gasteiger partial charge in [-0.05, 0) is 48.8 Å². The van der Waals surface area contributed by atoms with Gasteiger partial charge >= 0.3 is 0 Å². The topological polar surface area (TPSA) is 12.0 Å². The van der Waals surface area contributed by atoms with E-state index in [2.05, 4.69) is 59.4 Å². The molecule has 1 saturated carbocycles. The van der Waals surface area contributed by atoms with Gasteiger partial charge in [-0.1, -0.05) is 54.8 Å². The zero-order valence-electron chi connectivity index (χ0n) is 12.2. The van der Waals surface area contributed by atoms with Gasteiger partial charge in [0.25, 0.3) is 0 Å². The largest absolute Gasteiger partial charge is 0.313 e. The van der Waals surface area contributed by atoms with Crippen LogP contribution in [0.25, 0.3) is 0 Å². The lowest BCUT2D eigenvalue weighted by molar-refractivity contribution is 0.397. The van der Waals surface area contributed by atoms with E-state index < -0.39 is 0 Å². The van der Waals surface area contributed by atoms with Crippen molar-refractivity contribution in [1.82, 2.24) is 5.32 Å².